The zero-order valence-corrected chi connectivity index (χ0v) is 19.9. The summed E-state index contributed by atoms with van der Waals surface area (Å²) in [6, 6.07) is 12.9. The molecule has 2 aromatic carbocycles. The molecule has 0 spiro atoms. The minimum absolute atomic E-state index is 0.0260. The molecule has 3 aliphatic rings. The maximum Gasteiger partial charge on any atom is 0.258 e. The molecule has 2 heterocycles. The summed E-state index contributed by atoms with van der Waals surface area (Å²) in [4.78, 5) is 17.0. The van der Waals surface area contributed by atoms with Crippen molar-refractivity contribution in [2.45, 2.75) is 30.6 Å². The van der Waals surface area contributed by atoms with Gasteiger partial charge in [-0.25, -0.2) is 8.42 Å². The van der Waals surface area contributed by atoms with Crippen LogP contribution in [0.25, 0.3) is 5.57 Å². The average Bonchev–Trinajstić information content (AvgIpc) is 3.45. The number of nitrogens with zero attached hydrogens (tertiary/aromatic N) is 3. The maximum absolute atomic E-state index is 13.5. The molecule has 7 nitrogen and oxygen atoms in total. The van der Waals surface area contributed by atoms with E-state index in [1.807, 2.05) is 24.3 Å². The van der Waals surface area contributed by atoms with Crippen molar-refractivity contribution in [1.29, 1.82) is 0 Å². The Balaban J connectivity index is 1.41. The molecule has 174 valence electrons. The number of anilines is 2. The second-order valence-corrected chi connectivity index (χ2v) is 10.7. The van der Waals surface area contributed by atoms with Crippen LogP contribution in [0, 0.1) is 0 Å². The number of hydrogen-bond donors (Lipinski definition) is 0. The zero-order chi connectivity index (χ0) is 23.2. The number of amides is 1. The minimum Gasteiger partial charge on any atom is -0.495 e. The highest BCUT2D eigenvalue weighted by Crippen LogP contribution is 2.43. The number of ether oxygens (including phenoxy) is 1. The van der Waals surface area contributed by atoms with Crippen molar-refractivity contribution in [3.63, 3.8) is 0 Å². The van der Waals surface area contributed by atoms with Gasteiger partial charge >= 0.3 is 0 Å². The standard InChI is InChI=1S/C25H29N3O4S/c1-26-21-12-11-19(17-20(21)24(25(26)29)18-7-3-4-8-18)33(30,31)28-15-13-27(14-16-28)22-9-5-6-10-23(22)32-2/h5-6,9-12,17H,3-4,7-8,13-16H2,1-2H3. The van der Waals surface area contributed by atoms with Gasteiger partial charge in [0, 0.05) is 44.4 Å². The number of carbonyl (C=O) groups is 1. The Labute approximate surface area is 195 Å². The third kappa shape index (κ3) is 3.71. The lowest BCUT2D eigenvalue weighted by Gasteiger charge is -2.36. The van der Waals surface area contributed by atoms with Gasteiger partial charge in [0.1, 0.15) is 5.75 Å². The molecule has 8 heteroatoms. The predicted octanol–water partition coefficient (Wildman–Crippen LogP) is 3.51. The molecule has 0 unspecified atom stereocenters. The van der Waals surface area contributed by atoms with E-state index in [0.29, 0.717) is 31.8 Å². The van der Waals surface area contributed by atoms with Crippen molar-refractivity contribution in [2.75, 3.05) is 50.1 Å². The third-order valence-corrected chi connectivity index (χ3v) is 8.87. The summed E-state index contributed by atoms with van der Waals surface area (Å²) in [7, 11) is -0.261. The van der Waals surface area contributed by atoms with Crippen LogP contribution in [0.5, 0.6) is 5.75 Å². The lowest BCUT2D eigenvalue weighted by Crippen LogP contribution is -2.48. The first-order chi connectivity index (χ1) is 15.9. The van der Waals surface area contributed by atoms with Gasteiger partial charge in [-0.05, 0) is 56.0 Å². The van der Waals surface area contributed by atoms with Crippen molar-refractivity contribution >= 4 is 32.9 Å². The number of carbonyl (C=O) groups excluding carboxylic acids is 1. The fraction of sp³-hybridized carbons (Fsp3) is 0.400. The molecule has 0 atom stereocenters. The van der Waals surface area contributed by atoms with Gasteiger partial charge in [0.05, 0.1) is 23.4 Å². The Hall–Kier alpha value is -2.84. The van der Waals surface area contributed by atoms with Crippen LogP contribution in [-0.4, -0.2) is 59.0 Å². The van der Waals surface area contributed by atoms with Gasteiger partial charge in [-0.1, -0.05) is 17.7 Å². The van der Waals surface area contributed by atoms with E-state index >= 15 is 0 Å². The van der Waals surface area contributed by atoms with Crippen LogP contribution in [0.1, 0.15) is 31.2 Å². The molecule has 0 bridgehead atoms. The topological polar surface area (TPSA) is 70.2 Å². The van der Waals surface area contributed by atoms with Crippen LogP contribution in [0.2, 0.25) is 0 Å². The number of sulfonamides is 1. The molecule has 1 saturated carbocycles. The van der Waals surface area contributed by atoms with Crippen molar-refractivity contribution < 1.29 is 17.9 Å². The predicted molar refractivity (Wildman–Crippen MR) is 129 cm³/mol. The molecule has 2 aliphatic heterocycles. The Morgan fingerprint density at radius 3 is 2.30 bits per heavy atom. The van der Waals surface area contributed by atoms with Gasteiger partial charge in [0.25, 0.3) is 5.91 Å². The number of piperazine rings is 1. The van der Waals surface area contributed by atoms with Gasteiger partial charge in [-0.15, -0.1) is 0 Å². The fourth-order valence-electron chi connectivity index (χ4n) is 5.16. The first-order valence-electron chi connectivity index (χ1n) is 11.4. The largest absolute Gasteiger partial charge is 0.495 e. The van der Waals surface area contributed by atoms with E-state index in [2.05, 4.69) is 4.90 Å². The van der Waals surface area contributed by atoms with Crippen LogP contribution in [0.3, 0.4) is 0 Å². The summed E-state index contributed by atoms with van der Waals surface area (Å²) in [5.74, 6) is 0.760. The fourth-order valence-corrected chi connectivity index (χ4v) is 6.61. The summed E-state index contributed by atoms with van der Waals surface area (Å²) in [6.45, 7) is 1.95. The molecule has 2 fully saturated rings. The number of hydrogen-bond acceptors (Lipinski definition) is 5. The molecule has 33 heavy (non-hydrogen) atoms. The molecule has 0 radical (unpaired) electrons. The smallest absolute Gasteiger partial charge is 0.258 e. The summed E-state index contributed by atoms with van der Waals surface area (Å²) >= 11 is 0. The van der Waals surface area contributed by atoms with Gasteiger partial charge in [-0.2, -0.15) is 4.31 Å². The number of fused-ring (bicyclic) bond motifs is 1. The minimum atomic E-state index is -3.66. The molecule has 1 saturated heterocycles. The second kappa shape index (κ2) is 8.50. The molecule has 0 aromatic heterocycles. The molecule has 0 N–H and O–H groups in total. The number of allylic oxidation sites excluding steroid dienone is 1. The van der Waals surface area contributed by atoms with E-state index in [0.717, 1.165) is 53.9 Å². The normalized spacial score (nSPS) is 19.4. The first-order valence-corrected chi connectivity index (χ1v) is 12.9. The SMILES string of the molecule is COc1ccccc1N1CCN(S(=O)(=O)c2ccc3c(c2)C(=C2CCCC2)C(=O)N3C)CC1. The summed E-state index contributed by atoms with van der Waals surface area (Å²) < 4.78 is 34.0. The monoisotopic (exact) mass is 467 g/mol. The van der Waals surface area contributed by atoms with Crippen molar-refractivity contribution in [2.24, 2.45) is 0 Å². The van der Waals surface area contributed by atoms with E-state index < -0.39 is 10.0 Å². The lowest BCUT2D eigenvalue weighted by atomic mass is 10.00. The quantitative estimate of drug-likeness (QED) is 0.644. The average molecular weight is 468 g/mol. The number of likely N-dealkylation sites (N-methyl/N-ethyl adjacent to an activating group) is 1. The molecule has 1 aliphatic carbocycles. The summed E-state index contributed by atoms with van der Waals surface area (Å²) in [5.41, 5.74) is 4.39. The Morgan fingerprint density at radius 1 is 0.909 bits per heavy atom. The van der Waals surface area contributed by atoms with E-state index in [4.69, 9.17) is 4.74 Å². The Bertz CT molecular complexity index is 1220. The first kappa shape index (κ1) is 22.0. The molecule has 2 aromatic rings. The van der Waals surface area contributed by atoms with Gasteiger partial charge in [0.2, 0.25) is 10.0 Å². The van der Waals surface area contributed by atoms with Crippen LogP contribution >= 0.6 is 0 Å². The van der Waals surface area contributed by atoms with Crippen molar-refractivity contribution in [3.8, 4) is 5.75 Å². The lowest BCUT2D eigenvalue weighted by molar-refractivity contribution is -0.112. The van der Waals surface area contributed by atoms with Crippen LogP contribution in [0.15, 0.2) is 52.9 Å². The summed E-state index contributed by atoms with van der Waals surface area (Å²) in [5, 5.41) is 0. The Kier molecular flexibility index (Phi) is 5.66. The number of methoxy groups -OCH3 is 1. The van der Waals surface area contributed by atoms with Crippen LogP contribution in [-0.2, 0) is 14.8 Å². The van der Waals surface area contributed by atoms with Crippen molar-refractivity contribution in [3.05, 3.63) is 53.6 Å². The van der Waals surface area contributed by atoms with E-state index in [1.165, 1.54) is 0 Å². The zero-order valence-electron chi connectivity index (χ0n) is 19.1. The number of para-hydroxylation sites is 2. The highest BCUT2D eigenvalue weighted by atomic mass is 32.2. The van der Waals surface area contributed by atoms with Gasteiger partial charge in [0.15, 0.2) is 0 Å². The molecular weight excluding hydrogens is 438 g/mol. The van der Waals surface area contributed by atoms with Crippen LogP contribution < -0.4 is 14.5 Å². The van der Waals surface area contributed by atoms with Gasteiger partial charge < -0.3 is 14.5 Å². The van der Waals surface area contributed by atoms with Gasteiger partial charge in [-0.3, -0.25) is 4.79 Å². The van der Waals surface area contributed by atoms with Crippen LogP contribution in [0.4, 0.5) is 11.4 Å². The molecule has 1 amide bonds. The van der Waals surface area contributed by atoms with Crippen molar-refractivity contribution in [1.82, 2.24) is 4.31 Å². The highest BCUT2D eigenvalue weighted by Gasteiger charge is 2.36. The van der Waals surface area contributed by atoms with E-state index in [1.54, 1.807) is 41.6 Å². The molecular formula is C25H29N3O4S. The Morgan fingerprint density at radius 2 is 1.61 bits per heavy atom. The van der Waals surface area contributed by atoms with E-state index in [-0.39, 0.29) is 10.8 Å². The number of rotatable bonds is 4. The maximum atomic E-state index is 13.5. The molecule has 5 rings (SSSR count). The number of benzene rings is 2. The highest BCUT2D eigenvalue weighted by molar-refractivity contribution is 7.89. The van der Waals surface area contributed by atoms with E-state index in [9.17, 15) is 13.2 Å². The summed E-state index contributed by atoms with van der Waals surface area (Å²) in [6.07, 6.45) is 3.99. The third-order valence-electron chi connectivity index (χ3n) is 6.98. The second-order valence-electron chi connectivity index (χ2n) is 8.79.